The average Bonchev–Trinajstić information content (AvgIpc) is 3.18. The molecule has 1 aliphatic rings. The van der Waals surface area contributed by atoms with Crippen LogP contribution in [0.1, 0.15) is 54.5 Å². The first-order valence-electron chi connectivity index (χ1n) is 12.0. The van der Waals surface area contributed by atoms with Crippen molar-refractivity contribution in [3.8, 4) is 0 Å². The molecule has 0 aliphatic carbocycles. The lowest BCUT2D eigenvalue weighted by Crippen LogP contribution is -2.47. The minimum atomic E-state index is -0.264. The standard InChI is InChI=1S/C27H31ClN4O3/c1-17(2)31-12-10-23(11-13-31)30-27(35)25-15-20-14-19(18(3)33)4-9-24(20)32(25)16-26(34)29-22-7-5-21(28)6-8-22/h4-9,14-15,17,23H,10-13,16H2,1-3H3,(H,29,34)(H,30,35). The van der Waals surface area contributed by atoms with Gasteiger partial charge in [-0.25, -0.2) is 0 Å². The molecule has 0 unspecified atom stereocenters. The topological polar surface area (TPSA) is 83.4 Å². The zero-order valence-corrected chi connectivity index (χ0v) is 21.1. The van der Waals surface area contributed by atoms with Crippen molar-refractivity contribution >= 4 is 45.8 Å². The number of fused-ring (bicyclic) bond motifs is 1. The van der Waals surface area contributed by atoms with Crippen molar-refractivity contribution in [2.75, 3.05) is 18.4 Å². The van der Waals surface area contributed by atoms with Crippen LogP contribution < -0.4 is 10.6 Å². The zero-order chi connectivity index (χ0) is 25.1. The van der Waals surface area contributed by atoms with E-state index in [0.717, 1.165) is 36.8 Å². The number of hydrogen-bond acceptors (Lipinski definition) is 4. The number of hydrogen-bond donors (Lipinski definition) is 2. The molecule has 3 aromatic rings. The van der Waals surface area contributed by atoms with Gasteiger partial charge in [-0.2, -0.15) is 0 Å². The lowest BCUT2D eigenvalue weighted by molar-refractivity contribution is -0.116. The Balaban J connectivity index is 1.58. The van der Waals surface area contributed by atoms with Gasteiger partial charge in [0.15, 0.2) is 5.78 Å². The van der Waals surface area contributed by atoms with Gasteiger partial charge in [-0.05, 0) is 82.1 Å². The number of benzene rings is 2. The van der Waals surface area contributed by atoms with Gasteiger partial charge in [0.05, 0.1) is 0 Å². The molecule has 0 bridgehead atoms. The van der Waals surface area contributed by atoms with Gasteiger partial charge in [0.25, 0.3) is 5.91 Å². The zero-order valence-electron chi connectivity index (χ0n) is 20.3. The number of anilines is 1. The van der Waals surface area contributed by atoms with Gasteiger partial charge >= 0.3 is 0 Å². The smallest absolute Gasteiger partial charge is 0.268 e. The summed E-state index contributed by atoms with van der Waals surface area (Å²) in [6.45, 7) is 7.71. The van der Waals surface area contributed by atoms with Gasteiger partial charge in [-0.3, -0.25) is 14.4 Å². The predicted molar refractivity (Wildman–Crippen MR) is 139 cm³/mol. The Labute approximate surface area is 210 Å². The van der Waals surface area contributed by atoms with Crippen molar-refractivity contribution in [1.29, 1.82) is 0 Å². The van der Waals surface area contributed by atoms with Crippen molar-refractivity contribution in [2.24, 2.45) is 0 Å². The van der Waals surface area contributed by atoms with Crippen LogP contribution in [0.25, 0.3) is 10.9 Å². The maximum atomic E-state index is 13.4. The molecule has 0 radical (unpaired) electrons. The molecule has 184 valence electrons. The third-order valence-electron chi connectivity index (χ3n) is 6.57. The minimum Gasteiger partial charge on any atom is -0.348 e. The maximum absolute atomic E-state index is 13.4. The molecule has 2 N–H and O–H groups in total. The van der Waals surface area contributed by atoms with E-state index in [2.05, 4.69) is 29.4 Å². The van der Waals surface area contributed by atoms with Crippen molar-refractivity contribution < 1.29 is 14.4 Å². The second-order valence-electron chi connectivity index (χ2n) is 9.38. The number of rotatable bonds is 7. The largest absolute Gasteiger partial charge is 0.348 e. The van der Waals surface area contributed by atoms with Crippen LogP contribution >= 0.6 is 11.6 Å². The number of carbonyl (C=O) groups excluding carboxylic acids is 3. The number of likely N-dealkylation sites (tertiary alicyclic amines) is 1. The first kappa shape index (κ1) is 24.9. The molecule has 7 nitrogen and oxygen atoms in total. The summed E-state index contributed by atoms with van der Waals surface area (Å²) in [4.78, 5) is 40.5. The number of halogens is 1. The van der Waals surface area contributed by atoms with Gasteiger partial charge in [-0.1, -0.05) is 11.6 Å². The van der Waals surface area contributed by atoms with Crippen LogP contribution in [0, 0.1) is 0 Å². The molecule has 1 saturated heterocycles. The predicted octanol–water partition coefficient (Wildman–Crippen LogP) is 4.74. The lowest BCUT2D eigenvalue weighted by Gasteiger charge is -2.34. The van der Waals surface area contributed by atoms with Gasteiger partial charge in [0.2, 0.25) is 5.91 Å². The van der Waals surface area contributed by atoms with E-state index in [1.165, 1.54) is 6.92 Å². The first-order valence-corrected chi connectivity index (χ1v) is 12.3. The van der Waals surface area contributed by atoms with Crippen molar-refractivity contribution in [3.05, 3.63) is 64.8 Å². The molecular weight excluding hydrogens is 464 g/mol. The number of nitrogens with zero attached hydrogens (tertiary/aromatic N) is 2. The van der Waals surface area contributed by atoms with Crippen LogP contribution in [0.15, 0.2) is 48.5 Å². The van der Waals surface area contributed by atoms with Crippen LogP contribution in [-0.4, -0.2) is 52.2 Å². The van der Waals surface area contributed by atoms with Crippen molar-refractivity contribution in [1.82, 2.24) is 14.8 Å². The van der Waals surface area contributed by atoms with E-state index in [-0.39, 0.29) is 30.2 Å². The summed E-state index contributed by atoms with van der Waals surface area (Å²) >= 11 is 5.93. The van der Waals surface area contributed by atoms with E-state index in [1.54, 1.807) is 53.1 Å². The summed E-state index contributed by atoms with van der Waals surface area (Å²) < 4.78 is 1.71. The number of ketones is 1. The molecule has 35 heavy (non-hydrogen) atoms. The second-order valence-corrected chi connectivity index (χ2v) is 9.81. The Hall–Kier alpha value is -3.16. The Morgan fingerprint density at radius 2 is 1.71 bits per heavy atom. The Morgan fingerprint density at radius 3 is 2.34 bits per heavy atom. The minimum absolute atomic E-state index is 0.0416. The third kappa shape index (κ3) is 5.92. The fourth-order valence-corrected chi connectivity index (χ4v) is 4.67. The van der Waals surface area contributed by atoms with Gasteiger partial charge < -0.3 is 20.1 Å². The maximum Gasteiger partial charge on any atom is 0.268 e. The summed E-state index contributed by atoms with van der Waals surface area (Å²) in [5.41, 5.74) is 2.31. The summed E-state index contributed by atoms with van der Waals surface area (Å²) in [5, 5.41) is 7.35. The molecule has 0 saturated carbocycles. The van der Waals surface area contributed by atoms with E-state index in [0.29, 0.717) is 28.0 Å². The summed E-state index contributed by atoms with van der Waals surface area (Å²) in [5.74, 6) is -0.532. The van der Waals surface area contributed by atoms with E-state index in [4.69, 9.17) is 11.6 Å². The van der Waals surface area contributed by atoms with Gasteiger partial charge in [-0.15, -0.1) is 0 Å². The fraction of sp³-hybridized carbons (Fsp3) is 0.370. The first-order chi connectivity index (χ1) is 16.7. The molecule has 4 rings (SSSR count). The SMILES string of the molecule is CC(=O)c1ccc2c(c1)cc(C(=O)NC1CCN(C(C)C)CC1)n2CC(=O)Nc1ccc(Cl)cc1. The fourth-order valence-electron chi connectivity index (χ4n) is 4.55. The highest BCUT2D eigenvalue weighted by molar-refractivity contribution is 6.30. The van der Waals surface area contributed by atoms with Crippen LogP contribution in [0.4, 0.5) is 5.69 Å². The monoisotopic (exact) mass is 494 g/mol. The van der Waals surface area contributed by atoms with E-state index in [9.17, 15) is 14.4 Å². The lowest BCUT2D eigenvalue weighted by atomic mass is 10.0. The Bertz CT molecular complexity index is 1240. The third-order valence-corrected chi connectivity index (χ3v) is 6.82. The highest BCUT2D eigenvalue weighted by atomic mass is 35.5. The van der Waals surface area contributed by atoms with Crippen molar-refractivity contribution in [2.45, 2.75) is 52.2 Å². The van der Waals surface area contributed by atoms with Crippen molar-refractivity contribution in [3.63, 3.8) is 0 Å². The second kappa shape index (κ2) is 10.6. The summed E-state index contributed by atoms with van der Waals surface area (Å²) in [7, 11) is 0. The molecule has 8 heteroatoms. The normalized spacial score (nSPS) is 14.9. The van der Waals surface area contributed by atoms with E-state index < -0.39 is 0 Å². The Kier molecular flexibility index (Phi) is 7.57. The van der Waals surface area contributed by atoms with E-state index >= 15 is 0 Å². The average molecular weight is 495 g/mol. The van der Waals surface area contributed by atoms with Crippen LogP contribution in [0.2, 0.25) is 5.02 Å². The molecule has 1 fully saturated rings. The molecule has 0 atom stereocenters. The molecule has 2 aromatic carbocycles. The number of piperidine rings is 1. The van der Waals surface area contributed by atoms with Crippen LogP contribution in [0.5, 0.6) is 0 Å². The summed E-state index contributed by atoms with van der Waals surface area (Å²) in [6.07, 6.45) is 1.77. The van der Waals surface area contributed by atoms with Gasteiger partial charge in [0.1, 0.15) is 12.2 Å². The summed E-state index contributed by atoms with van der Waals surface area (Å²) in [6, 6.07) is 14.5. The number of Topliss-reactive ketones (excluding diaryl/α,β-unsaturated/α-hetero) is 1. The van der Waals surface area contributed by atoms with Crippen LogP contribution in [0.3, 0.4) is 0 Å². The molecule has 2 heterocycles. The number of amides is 2. The number of carbonyl (C=O) groups is 3. The van der Waals surface area contributed by atoms with Gasteiger partial charge in [0, 0.05) is 52.3 Å². The number of aromatic nitrogens is 1. The molecular formula is C27H31ClN4O3. The highest BCUT2D eigenvalue weighted by Crippen LogP contribution is 2.23. The molecule has 1 aliphatic heterocycles. The van der Waals surface area contributed by atoms with E-state index in [1.807, 2.05) is 0 Å². The highest BCUT2D eigenvalue weighted by Gasteiger charge is 2.25. The Morgan fingerprint density at radius 1 is 1.03 bits per heavy atom. The van der Waals surface area contributed by atoms with Crippen LogP contribution in [-0.2, 0) is 11.3 Å². The number of nitrogens with one attached hydrogen (secondary N) is 2. The quantitative estimate of drug-likeness (QED) is 0.465. The molecule has 1 aromatic heterocycles. The molecule has 2 amide bonds. The molecule has 0 spiro atoms.